The molecule has 7 nitrogen and oxygen atoms in total. The number of carbonyl (C=O) groups is 1. The largest absolute Gasteiger partial charge is 0.494 e. The average molecular weight is 558 g/mol. The number of ether oxygens (including phenoxy) is 1. The van der Waals surface area contributed by atoms with Gasteiger partial charge in [0.1, 0.15) is 17.6 Å². The fourth-order valence-electron chi connectivity index (χ4n) is 4.55. The van der Waals surface area contributed by atoms with Crippen molar-refractivity contribution in [2.24, 2.45) is 0 Å². The van der Waals surface area contributed by atoms with Crippen molar-refractivity contribution in [3.63, 3.8) is 0 Å². The maximum absolute atomic E-state index is 14.2. The highest BCUT2D eigenvalue weighted by Crippen LogP contribution is 2.37. The highest BCUT2D eigenvalue weighted by molar-refractivity contribution is 7.98. The van der Waals surface area contributed by atoms with Gasteiger partial charge in [-0.05, 0) is 67.3 Å². The van der Waals surface area contributed by atoms with Gasteiger partial charge in [-0.1, -0.05) is 67.6 Å². The molecule has 2 heterocycles. The number of nitrogens with one attached hydrogen (secondary N) is 2. The van der Waals surface area contributed by atoms with Crippen LogP contribution in [0.2, 0.25) is 0 Å². The molecule has 5 rings (SSSR count). The molecule has 0 fully saturated rings. The van der Waals surface area contributed by atoms with Crippen LogP contribution in [0.25, 0.3) is 0 Å². The first-order chi connectivity index (χ1) is 19.4. The second-order valence-electron chi connectivity index (χ2n) is 9.70. The van der Waals surface area contributed by atoms with Gasteiger partial charge >= 0.3 is 0 Å². The Morgan fingerprint density at radius 1 is 1.10 bits per heavy atom. The smallest absolute Gasteiger partial charge is 0.255 e. The summed E-state index contributed by atoms with van der Waals surface area (Å²) in [6.45, 7) is 6.63. The van der Waals surface area contributed by atoms with Crippen molar-refractivity contribution < 1.29 is 13.9 Å². The first-order valence-electron chi connectivity index (χ1n) is 13.3. The van der Waals surface area contributed by atoms with Crippen molar-refractivity contribution in [3.8, 4) is 5.75 Å². The quantitative estimate of drug-likeness (QED) is 0.160. The molecule has 1 aliphatic heterocycles. The van der Waals surface area contributed by atoms with E-state index in [-0.39, 0.29) is 11.7 Å². The highest BCUT2D eigenvalue weighted by atomic mass is 32.2. The number of allylic oxidation sites excluding steroid dienone is 1. The van der Waals surface area contributed by atoms with Crippen LogP contribution in [0.1, 0.15) is 49.4 Å². The lowest BCUT2D eigenvalue weighted by Crippen LogP contribution is -2.31. The predicted molar refractivity (Wildman–Crippen MR) is 157 cm³/mol. The number of halogens is 1. The molecule has 2 N–H and O–H groups in total. The molecule has 4 aromatic rings. The minimum absolute atomic E-state index is 0.231. The number of amides is 1. The lowest BCUT2D eigenvalue weighted by molar-refractivity contribution is -0.113. The Bertz CT molecular complexity index is 1530. The van der Waals surface area contributed by atoms with E-state index in [1.54, 1.807) is 16.8 Å². The number of hydrogen-bond acceptors (Lipinski definition) is 6. The summed E-state index contributed by atoms with van der Waals surface area (Å²) in [4.78, 5) is 18.4. The molecule has 0 saturated heterocycles. The summed E-state index contributed by atoms with van der Waals surface area (Å²) in [6.07, 6.45) is 2.04. The number of unbranched alkanes of at least 4 members (excludes halogenated alkanes) is 1. The standard InChI is InChI=1S/C31H32FN5O2S/c1-4-5-17-39-25-15-13-22(14-16-25)28-27(29(38)34-24-11-8-9-20(2)18-24)21(3)33-30-35-31(36-37(28)30)40-19-23-10-6-7-12-26(23)32/h6-16,18,28H,4-5,17,19H2,1-3H3,(H,34,38)(H,33,35,36). The first kappa shape index (κ1) is 27.5. The van der Waals surface area contributed by atoms with Gasteiger partial charge in [0.15, 0.2) is 0 Å². The van der Waals surface area contributed by atoms with Gasteiger partial charge in [-0.2, -0.15) is 4.98 Å². The number of nitrogens with zero attached hydrogens (tertiary/aromatic N) is 3. The monoisotopic (exact) mass is 557 g/mol. The lowest BCUT2D eigenvalue weighted by atomic mass is 9.95. The van der Waals surface area contributed by atoms with Crippen LogP contribution in [-0.4, -0.2) is 27.3 Å². The third-order valence-corrected chi connectivity index (χ3v) is 7.52. The van der Waals surface area contributed by atoms with Crippen LogP contribution in [0.3, 0.4) is 0 Å². The molecule has 0 radical (unpaired) electrons. The predicted octanol–water partition coefficient (Wildman–Crippen LogP) is 7.12. The number of aromatic nitrogens is 3. The molecule has 0 aliphatic carbocycles. The maximum Gasteiger partial charge on any atom is 0.255 e. The van der Waals surface area contributed by atoms with Crippen molar-refractivity contribution in [1.29, 1.82) is 0 Å². The summed E-state index contributed by atoms with van der Waals surface area (Å²) in [5.74, 6) is 1.19. The lowest BCUT2D eigenvalue weighted by Gasteiger charge is -2.28. The molecule has 40 heavy (non-hydrogen) atoms. The number of anilines is 2. The maximum atomic E-state index is 14.2. The van der Waals surface area contributed by atoms with Gasteiger partial charge < -0.3 is 15.4 Å². The Morgan fingerprint density at radius 3 is 2.65 bits per heavy atom. The van der Waals surface area contributed by atoms with E-state index in [4.69, 9.17) is 9.84 Å². The zero-order valence-corrected chi connectivity index (χ0v) is 23.6. The molecule has 0 saturated carbocycles. The first-order valence-corrected chi connectivity index (χ1v) is 14.3. The Hall–Kier alpha value is -4.11. The van der Waals surface area contributed by atoms with Crippen LogP contribution < -0.4 is 15.4 Å². The molecule has 1 unspecified atom stereocenters. The van der Waals surface area contributed by atoms with Crippen molar-refractivity contribution in [2.45, 2.75) is 50.6 Å². The summed E-state index contributed by atoms with van der Waals surface area (Å²) in [7, 11) is 0. The van der Waals surface area contributed by atoms with Gasteiger partial charge in [0.2, 0.25) is 11.1 Å². The van der Waals surface area contributed by atoms with Crippen LogP contribution in [0.5, 0.6) is 5.75 Å². The van der Waals surface area contributed by atoms with Crippen LogP contribution >= 0.6 is 11.8 Å². The number of rotatable bonds is 10. The summed E-state index contributed by atoms with van der Waals surface area (Å²) >= 11 is 1.35. The van der Waals surface area contributed by atoms with E-state index in [1.807, 2.05) is 68.4 Å². The zero-order chi connectivity index (χ0) is 28.1. The number of benzene rings is 3. The molecule has 3 aromatic carbocycles. The van der Waals surface area contributed by atoms with E-state index in [1.165, 1.54) is 17.8 Å². The number of hydrogen-bond donors (Lipinski definition) is 2. The van der Waals surface area contributed by atoms with Gasteiger partial charge in [-0.15, -0.1) is 5.10 Å². The molecule has 1 atom stereocenters. The van der Waals surface area contributed by atoms with Gasteiger partial charge in [0.25, 0.3) is 5.91 Å². The van der Waals surface area contributed by atoms with E-state index in [0.29, 0.717) is 46.0 Å². The third-order valence-electron chi connectivity index (χ3n) is 6.63. The Kier molecular flexibility index (Phi) is 8.50. The summed E-state index contributed by atoms with van der Waals surface area (Å²) in [5, 5.41) is 11.6. The van der Waals surface area contributed by atoms with Crippen molar-refractivity contribution in [3.05, 3.63) is 107 Å². The van der Waals surface area contributed by atoms with E-state index < -0.39 is 6.04 Å². The van der Waals surface area contributed by atoms with Gasteiger partial charge in [0.05, 0.1) is 12.2 Å². The summed E-state index contributed by atoms with van der Waals surface area (Å²) < 4.78 is 21.8. The summed E-state index contributed by atoms with van der Waals surface area (Å²) in [6, 6.07) is 21.6. The normalized spacial score (nSPS) is 14.4. The number of aryl methyl sites for hydroxylation is 1. The Balaban J connectivity index is 1.47. The fraction of sp³-hybridized carbons (Fsp3) is 0.258. The fourth-order valence-corrected chi connectivity index (χ4v) is 5.37. The van der Waals surface area contributed by atoms with Crippen LogP contribution in [-0.2, 0) is 10.5 Å². The summed E-state index contributed by atoms with van der Waals surface area (Å²) in [5.41, 5.74) is 4.43. The number of fused-ring (bicyclic) bond motifs is 1. The second kappa shape index (κ2) is 12.4. The van der Waals surface area contributed by atoms with Crippen LogP contribution in [0.15, 0.2) is 89.2 Å². The molecule has 206 valence electrons. The van der Waals surface area contributed by atoms with Crippen molar-refractivity contribution in [1.82, 2.24) is 14.8 Å². The highest BCUT2D eigenvalue weighted by Gasteiger charge is 2.34. The molecule has 0 spiro atoms. The van der Waals surface area contributed by atoms with Crippen LogP contribution in [0.4, 0.5) is 16.0 Å². The minimum atomic E-state index is -0.527. The van der Waals surface area contributed by atoms with Gasteiger partial charge in [-0.25, -0.2) is 9.07 Å². The number of thioether (sulfide) groups is 1. The van der Waals surface area contributed by atoms with Crippen LogP contribution in [0, 0.1) is 12.7 Å². The van der Waals surface area contributed by atoms with E-state index in [0.717, 1.165) is 29.7 Å². The van der Waals surface area contributed by atoms with Gasteiger partial charge in [-0.3, -0.25) is 4.79 Å². The second-order valence-corrected chi connectivity index (χ2v) is 10.6. The molecule has 9 heteroatoms. The molecule has 0 bridgehead atoms. The Morgan fingerprint density at radius 2 is 1.90 bits per heavy atom. The van der Waals surface area contributed by atoms with E-state index in [9.17, 15) is 9.18 Å². The van der Waals surface area contributed by atoms with Gasteiger partial charge in [0, 0.05) is 17.1 Å². The van der Waals surface area contributed by atoms with E-state index >= 15 is 0 Å². The molecule has 1 aliphatic rings. The zero-order valence-electron chi connectivity index (χ0n) is 22.8. The third kappa shape index (κ3) is 6.20. The minimum Gasteiger partial charge on any atom is -0.494 e. The molecule has 1 aromatic heterocycles. The topological polar surface area (TPSA) is 81.1 Å². The van der Waals surface area contributed by atoms with Crippen molar-refractivity contribution in [2.75, 3.05) is 17.2 Å². The number of carbonyl (C=O) groups excluding carboxylic acids is 1. The van der Waals surface area contributed by atoms with Crippen molar-refractivity contribution >= 4 is 29.3 Å². The molecule has 1 amide bonds. The SMILES string of the molecule is CCCCOc1ccc(C2C(C(=O)Nc3cccc(C)c3)=C(C)Nc3nc(SCc4ccccc4F)nn32)cc1. The average Bonchev–Trinajstić information content (AvgIpc) is 3.34. The molecular weight excluding hydrogens is 525 g/mol. The Labute approximate surface area is 237 Å². The molecular formula is C31H32FN5O2S. The van der Waals surface area contributed by atoms with E-state index in [2.05, 4.69) is 22.5 Å².